The van der Waals surface area contributed by atoms with Crippen molar-refractivity contribution in [2.45, 2.75) is 20.0 Å². The number of ether oxygens (including phenoxy) is 1. The van der Waals surface area contributed by atoms with Gasteiger partial charge >= 0.3 is 0 Å². The number of carbonyl (C=O) groups excluding carboxylic acids is 1. The normalized spacial score (nSPS) is 10.3. The van der Waals surface area contributed by atoms with E-state index in [0.29, 0.717) is 17.3 Å². The van der Waals surface area contributed by atoms with Crippen molar-refractivity contribution in [3.05, 3.63) is 42.4 Å². The van der Waals surface area contributed by atoms with Crippen LogP contribution in [0, 0.1) is 0 Å². The van der Waals surface area contributed by atoms with Crippen molar-refractivity contribution in [3.63, 3.8) is 0 Å². The largest absolute Gasteiger partial charge is 0.489 e. The highest BCUT2D eigenvalue weighted by molar-refractivity contribution is 6.04. The van der Waals surface area contributed by atoms with Crippen LogP contribution in [-0.4, -0.2) is 22.0 Å². The summed E-state index contributed by atoms with van der Waals surface area (Å²) >= 11 is 0. The lowest BCUT2D eigenvalue weighted by Gasteiger charge is -2.13. The molecule has 2 heterocycles. The molecule has 3 N–H and O–H groups in total. The first kappa shape index (κ1) is 13.8. The number of hydrogen-bond donors (Lipinski definition) is 2. The second-order valence-corrected chi connectivity index (χ2v) is 4.44. The minimum atomic E-state index is -0.354. The first-order chi connectivity index (χ1) is 9.56. The van der Waals surface area contributed by atoms with Crippen LogP contribution < -0.4 is 15.8 Å². The molecule has 0 radical (unpaired) electrons. The number of nitrogen functional groups attached to an aromatic ring is 1. The third-order valence-electron chi connectivity index (χ3n) is 2.39. The molecule has 0 unspecified atom stereocenters. The minimum absolute atomic E-state index is 0.0380. The molecule has 0 aliphatic heterocycles. The Kier molecular flexibility index (Phi) is 4.14. The van der Waals surface area contributed by atoms with Crippen LogP contribution in [0.2, 0.25) is 0 Å². The van der Waals surface area contributed by atoms with Gasteiger partial charge in [-0.2, -0.15) is 0 Å². The summed E-state index contributed by atoms with van der Waals surface area (Å²) in [6.07, 6.45) is 2.99. The summed E-state index contributed by atoms with van der Waals surface area (Å²) in [5.41, 5.74) is 6.27. The topological polar surface area (TPSA) is 90.1 Å². The van der Waals surface area contributed by atoms with Gasteiger partial charge in [0, 0.05) is 6.20 Å². The van der Waals surface area contributed by atoms with Gasteiger partial charge in [0.1, 0.15) is 5.82 Å². The van der Waals surface area contributed by atoms with Crippen molar-refractivity contribution >= 4 is 17.4 Å². The lowest BCUT2D eigenvalue weighted by Crippen LogP contribution is -2.17. The zero-order valence-corrected chi connectivity index (χ0v) is 11.3. The summed E-state index contributed by atoms with van der Waals surface area (Å²) in [6.45, 7) is 3.77. The molecule has 0 fully saturated rings. The van der Waals surface area contributed by atoms with Gasteiger partial charge in [0.15, 0.2) is 11.4 Å². The lowest BCUT2D eigenvalue weighted by molar-refractivity contribution is 0.101. The molecule has 2 aromatic heterocycles. The SMILES string of the molecule is CC(C)Oc1cccnc1C(=O)Nc1ccc(N)nc1. The van der Waals surface area contributed by atoms with Crippen LogP contribution in [0.25, 0.3) is 0 Å². The molecular formula is C14H16N4O2. The monoisotopic (exact) mass is 272 g/mol. The number of aromatic nitrogens is 2. The summed E-state index contributed by atoms with van der Waals surface area (Å²) in [5, 5.41) is 2.70. The molecule has 1 amide bonds. The lowest BCUT2D eigenvalue weighted by atomic mass is 10.3. The van der Waals surface area contributed by atoms with Crippen LogP contribution >= 0.6 is 0 Å². The van der Waals surface area contributed by atoms with E-state index in [1.165, 1.54) is 6.20 Å². The minimum Gasteiger partial charge on any atom is -0.489 e. The number of carbonyl (C=O) groups is 1. The zero-order valence-electron chi connectivity index (χ0n) is 11.3. The Morgan fingerprint density at radius 3 is 2.75 bits per heavy atom. The molecule has 0 saturated heterocycles. The van der Waals surface area contributed by atoms with Gasteiger partial charge in [-0.3, -0.25) is 4.79 Å². The maximum absolute atomic E-state index is 12.2. The van der Waals surface area contributed by atoms with E-state index < -0.39 is 0 Å². The van der Waals surface area contributed by atoms with Crippen molar-refractivity contribution < 1.29 is 9.53 Å². The average Bonchev–Trinajstić information content (AvgIpc) is 2.41. The summed E-state index contributed by atoms with van der Waals surface area (Å²) in [5.74, 6) is 0.487. The Bertz CT molecular complexity index is 596. The standard InChI is InChI=1S/C14H16N4O2/c1-9(2)20-11-4-3-7-16-13(11)14(19)18-10-5-6-12(15)17-8-10/h3-9H,1-2H3,(H2,15,17)(H,18,19). The summed E-state index contributed by atoms with van der Waals surface area (Å²) in [4.78, 5) is 20.2. The van der Waals surface area contributed by atoms with Gasteiger partial charge in [-0.15, -0.1) is 0 Å². The van der Waals surface area contributed by atoms with E-state index >= 15 is 0 Å². The number of hydrogen-bond acceptors (Lipinski definition) is 5. The van der Waals surface area contributed by atoms with Gasteiger partial charge in [0.05, 0.1) is 18.0 Å². The fourth-order valence-electron chi connectivity index (χ4n) is 1.58. The Morgan fingerprint density at radius 1 is 1.30 bits per heavy atom. The van der Waals surface area contributed by atoms with Crippen LogP contribution in [-0.2, 0) is 0 Å². The molecule has 0 atom stereocenters. The van der Waals surface area contributed by atoms with E-state index in [2.05, 4.69) is 15.3 Å². The van der Waals surface area contributed by atoms with Crippen LogP contribution in [0.15, 0.2) is 36.7 Å². The Labute approximate surface area is 117 Å². The number of anilines is 2. The smallest absolute Gasteiger partial charge is 0.278 e. The Morgan fingerprint density at radius 2 is 2.10 bits per heavy atom. The van der Waals surface area contributed by atoms with Gasteiger partial charge in [-0.25, -0.2) is 9.97 Å². The second kappa shape index (κ2) is 6.01. The van der Waals surface area contributed by atoms with E-state index in [4.69, 9.17) is 10.5 Å². The molecule has 0 bridgehead atoms. The molecule has 6 heteroatoms. The second-order valence-electron chi connectivity index (χ2n) is 4.44. The number of nitrogens with one attached hydrogen (secondary N) is 1. The van der Waals surface area contributed by atoms with Crippen molar-refractivity contribution in [1.82, 2.24) is 9.97 Å². The van der Waals surface area contributed by atoms with Crippen molar-refractivity contribution in [3.8, 4) is 5.75 Å². The van der Waals surface area contributed by atoms with Crippen molar-refractivity contribution in [2.24, 2.45) is 0 Å². The highest BCUT2D eigenvalue weighted by atomic mass is 16.5. The predicted octanol–water partition coefficient (Wildman–Crippen LogP) is 2.10. The van der Waals surface area contributed by atoms with E-state index in [9.17, 15) is 4.79 Å². The van der Waals surface area contributed by atoms with Crippen LogP contribution in [0.4, 0.5) is 11.5 Å². The van der Waals surface area contributed by atoms with E-state index in [0.717, 1.165) is 0 Å². The van der Waals surface area contributed by atoms with E-state index in [1.807, 2.05) is 13.8 Å². The third-order valence-corrected chi connectivity index (χ3v) is 2.39. The first-order valence-corrected chi connectivity index (χ1v) is 6.21. The summed E-state index contributed by atoms with van der Waals surface area (Å²) in [7, 11) is 0. The number of rotatable bonds is 4. The molecule has 2 aromatic rings. The number of pyridine rings is 2. The third kappa shape index (κ3) is 3.44. The van der Waals surface area contributed by atoms with Gasteiger partial charge in [0.25, 0.3) is 5.91 Å². The molecule has 104 valence electrons. The molecular weight excluding hydrogens is 256 g/mol. The van der Waals surface area contributed by atoms with Gasteiger partial charge < -0.3 is 15.8 Å². The fraction of sp³-hybridized carbons (Fsp3) is 0.214. The van der Waals surface area contributed by atoms with Crippen LogP contribution in [0.3, 0.4) is 0 Å². The Balaban J connectivity index is 2.18. The first-order valence-electron chi connectivity index (χ1n) is 6.21. The fourth-order valence-corrected chi connectivity index (χ4v) is 1.58. The van der Waals surface area contributed by atoms with Gasteiger partial charge in [-0.05, 0) is 38.1 Å². The Hall–Kier alpha value is -2.63. The van der Waals surface area contributed by atoms with Crippen molar-refractivity contribution in [1.29, 1.82) is 0 Å². The molecule has 0 aliphatic rings. The molecule has 20 heavy (non-hydrogen) atoms. The van der Waals surface area contributed by atoms with E-state index in [-0.39, 0.29) is 17.7 Å². The van der Waals surface area contributed by atoms with E-state index in [1.54, 1.807) is 30.5 Å². The molecule has 0 saturated carbocycles. The molecule has 2 rings (SSSR count). The highest BCUT2D eigenvalue weighted by Gasteiger charge is 2.15. The van der Waals surface area contributed by atoms with Crippen molar-refractivity contribution in [2.75, 3.05) is 11.1 Å². The maximum Gasteiger partial charge on any atom is 0.278 e. The summed E-state index contributed by atoms with van der Waals surface area (Å²) < 4.78 is 5.56. The molecule has 0 aromatic carbocycles. The van der Waals surface area contributed by atoms with Gasteiger partial charge in [-0.1, -0.05) is 0 Å². The molecule has 0 spiro atoms. The summed E-state index contributed by atoms with van der Waals surface area (Å²) in [6, 6.07) is 6.72. The number of nitrogens with two attached hydrogens (primary N) is 1. The van der Waals surface area contributed by atoms with Gasteiger partial charge in [0.2, 0.25) is 0 Å². The predicted molar refractivity (Wildman–Crippen MR) is 76.6 cm³/mol. The maximum atomic E-state index is 12.2. The van der Waals surface area contributed by atoms with Crippen LogP contribution in [0.5, 0.6) is 5.75 Å². The molecule has 0 aliphatic carbocycles. The quantitative estimate of drug-likeness (QED) is 0.889. The van der Waals surface area contributed by atoms with Crippen LogP contribution in [0.1, 0.15) is 24.3 Å². The molecule has 6 nitrogen and oxygen atoms in total. The number of nitrogens with zero attached hydrogens (tertiary/aromatic N) is 2. The zero-order chi connectivity index (χ0) is 14.5. The number of amides is 1. The highest BCUT2D eigenvalue weighted by Crippen LogP contribution is 2.18. The average molecular weight is 272 g/mol.